The molecule has 1 heterocycles. The van der Waals surface area contributed by atoms with Crippen LogP contribution in [0.25, 0.3) is 0 Å². The van der Waals surface area contributed by atoms with Gasteiger partial charge in [0.15, 0.2) is 0 Å². The predicted octanol–water partition coefficient (Wildman–Crippen LogP) is 2.52. The molecular weight excluding hydrogens is 336 g/mol. The number of hydrogen-bond acceptors (Lipinski definition) is 5. The summed E-state index contributed by atoms with van der Waals surface area (Å²) in [5, 5.41) is 0. The zero-order valence-corrected chi connectivity index (χ0v) is 16.2. The van der Waals surface area contributed by atoms with E-state index in [1.165, 1.54) is 23.0 Å². The minimum Gasteiger partial charge on any atom is -0.467 e. The van der Waals surface area contributed by atoms with Gasteiger partial charge in [-0.3, -0.25) is 9.69 Å². The molecule has 7 nitrogen and oxygen atoms in total. The van der Waals surface area contributed by atoms with Gasteiger partial charge in [-0.2, -0.15) is 0 Å². The van der Waals surface area contributed by atoms with Crippen LogP contribution in [0.1, 0.15) is 40.0 Å². The van der Waals surface area contributed by atoms with E-state index in [1.54, 1.807) is 26.8 Å². The van der Waals surface area contributed by atoms with Gasteiger partial charge in [0.05, 0.1) is 7.11 Å². The summed E-state index contributed by atoms with van der Waals surface area (Å²) in [4.78, 5) is 40.4. The largest absolute Gasteiger partial charge is 0.467 e. The first-order valence-corrected chi connectivity index (χ1v) is 8.70. The summed E-state index contributed by atoms with van der Waals surface area (Å²) in [6, 6.07) is 0. The van der Waals surface area contributed by atoms with E-state index in [-0.39, 0.29) is 19.0 Å². The molecule has 0 aromatic rings. The number of esters is 1. The second-order valence-corrected chi connectivity index (χ2v) is 7.31. The van der Waals surface area contributed by atoms with Crippen LogP contribution in [0.15, 0.2) is 25.3 Å². The molecule has 0 unspecified atom stereocenters. The number of hydrogen-bond donors (Lipinski definition) is 0. The summed E-state index contributed by atoms with van der Waals surface area (Å²) in [6.07, 6.45) is 4.03. The normalized spacial score (nSPS) is 19.6. The standard InChI is InChI=1S/C19H30N2O5/c1-7-10-19(16(23)25-6)11-9-13-21(19)15(22)14-20(12-8-2)17(24)26-18(3,4)5/h7-8H,1-2,9-14H2,3-6H3/t19-/m0/s1. The number of carbonyl (C=O) groups is 3. The molecule has 1 fully saturated rings. The smallest absolute Gasteiger partial charge is 0.411 e. The maximum absolute atomic E-state index is 12.9. The lowest BCUT2D eigenvalue weighted by Crippen LogP contribution is -2.56. The van der Waals surface area contributed by atoms with E-state index in [4.69, 9.17) is 9.47 Å². The Morgan fingerprint density at radius 2 is 1.88 bits per heavy atom. The van der Waals surface area contributed by atoms with Crippen LogP contribution < -0.4 is 0 Å². The second kappa shape index (κ2) is 8.87. The van der Waals surface area contributed by atoms with Crippen molar-refractivity contribution >= 4 is 18.0 Å². The molecule has 0 bridgehead atoms. The van der Waals surface area contributed by atoms with Crippen LogP contribution in [0.2, 0.25) is 0 Å². The summed E-state index contributed by atoms with van der Waals surface area (Å²) >= 11 is 0. The average Bonchev–Trinajstić information content (AvgIpc) is 2.97. The minimum absolute atomic E-state index is 0.168. The van der Waals surface area contributed by atoms with E-state index in [9.17, 15) is 14.4 Å². The quantitative estimate of drug-likeness (QED) is 0.511. The first-order chi connectivity index (χ1) is 12.1. The van der Waals surface area contributed by atoms with E-state index < -0.39 is 23.2 Å². The van der Waals surface area contributed by atoms with Crippen molar-refractivity contribution in [3.05, 3.63) is 25.3 Å². The Bertz CT molecular complexity index is 567. The summed E-state index contributed by atoms with van der Waals surface area (Å²) < 4.78 is 10.3. The SMILES string of the molecule is C=CCN(CC(=O)N1CCC[C@@]1(CC=C)C(=O)OC)C(=O)OC(C)(C)C. The summed E-state index contributed by atoms with van der Waals surface area (Å²) in [5.41, 5.74) is -1.73. The lowest BCUT2D eigenvalue weighted by Gasteiger charge is -2.36. The fourth-order valence-corrected chi connectivity index (χ4v) is 3.11. The Kier molecular flexibility index (Phi) is 7.41. The van der Waals surface area contributed by atoms with Crippen molar-refractivity contribution in [3.8, 4) is 0 Å². The monoisotopic (exact) mass is 366 g/mol. The molecule has 1 aliphatic heterocycles. The van der Waals surface area contributed by atoms with Crippen molar-refractivity contribution in [2.24, 2.45) is 0 Å². The summed E-state index contributed by atoms with van der Waals surface area (Å²) in [6.45, 7) is 13.0. The van der Waals surface area contributed by atoms with E-state index in [1.807, 2.05) is 0 Å². The van der Waals surface area contributed by atoms with Crippen LogP contribution in [0.3, 0.4) is 0 Å². The van der Waals surface area contributed by atoms with Crippen molar-refractivity contribution in [3.63, 3.8) is 0 Å². The van der Waals surface area contributed by atoms with Crippen LogP contribution in [-0.2, 0) is 19.1 Å². The van der Waals surface area contributed by atoms with Crippen molar-refractivity contribution in [2.45, 2.75) is 51.2 Å². The van der Waals surface area contributed by atoms with Gasteiger partial charge in [0.2, 0.25) is 5.91 Å². The highest BCUT2D eigenvalue weighted by Crippen LogP contribution is 2.34. The maximum atomic E-state index is 12.9. The number of nitrogens with zero attached hydrogens (tertiary/aromatic N) is 2. The van der Waals surface area contributed by atoms with Gasteiger partial charge >= 0.3 is 12.1 Å². The molecule has 7 heteroatoms. The number of rotatable bonds is 7. The van der Waals surface area contributed by atoms with Crippen molar-refractivity contribution < 1.29 is 23.9 Å². The van der Waals surface area contributed by atoms with Crippen LogP contribution in [0.5, 0.6) is 0 Å². The highest BCUT2D eigenvalue weighted by atomic mass is 16.6. The third kappa shape index (κ3) is 5.09. The van der Waals surface area contributed by atoms with Gasteiger partial charge in [-0.05, 0) is 40.0 Å². The van der Waals surface area contributed by atoms with Crippen LogP contribution in [-0.4, -0.2) is 65.7 Å². The number of ether oxygens (including phenoxy) is 2. The Morgan fingerprint density at radius 1 is 1.23 bits per heavy atom. The lowest BCUT2D eigenvalue weighted by atomic mass is 9.92. The van der Waals surface area contributed by atoms with Crippen molar-refractivity contribution in [2.75, 3.05) is 26.7 Å². The number of carbonyl (C=O) groups excluding carboxylic acids is 3. The Labute approximate surface area is 155 Å². The van der Waals surface area contributed by atoms with Gasteiger partial charge in [-0.1, -0.05) is 12.2 Å². The minimum atomic E-state index is -1.05. The number of likely N-dealkylation sites (tertiary alicyclic amines) is 1. The molecule has 26 heavy (non-hydrogen) atoms. The maximum Gasteiger partial charge on any atom is 0.411 e. The van der Waals surface area contributed by atoms with Crippen LogP contribution >= 0.6 is 0 Å². The first-order valence-electron chi connectivity index (χ1n) is 8.70. The van der Waals surface area contributed by atoms with Gasteiger partial charge in [0.25, 0.3) is 0 Å². The molecule has 0 aliphatic carbocycles. The predicted molar refractivity (Wildman–Crippen MR) is 98.5 cm³/mol. The Balaban J connectivity index is 3.00. The molecule has 0 spiro atoms. The summed E-state index contributed by atoms with van der Waals surface area (Å²) in [7, 11) is 1.30. The van der Waals surface area contributed by atoms with Gasteiger partial charge in [0.1, 0.15) is 17.7 Å². The van der Waals surface area contributed by atoms with E-state index in [2.05, 4.69) is 13.2 Å². The molecule has 146 valence electrons. The topological polar surface area (TPSA) is 76.2 Å². The van der Waals surface area contributed by atoms with E-state index in [0.717, 1.165) is 0 Å². The molecule has 1 aliphatic rings. The van der Waals surface area contributed by atoms with Crippen molar-refractivity contribution in [1.82, 2.24) is 9.80 Å². The Hall–Kier alpha value is -2.31. The Morgan fingerprint density at radius 3 is 2.38 bits per heavy atom. The number of methoxy groups -OCH3 is 1. The third-order valence-corrected chi connectivity index (χ3v) is 4.16. The van der Waals surface area contributed by atoms with Crippen LogP contribution in [0, 0.1) is 0 Å². The second-order valence-electron chi connectivity index (χ2n) is 7.31. The van der Waals surface area contributed by atoms with Gasteiger partial charge in [-0.15, -0.1) is 13.2 Å². The molecule has 0 radical (unpaired) electrons. The molecule has 0 aromatic heterocycles. The fraction of sp³-hybridized carbons (Fsp3) is 0.632. The van der Waals surface area contributed by atoms with Crippen molar-refractivity contribution in [1.29, 1.82) is 0 Å². The van der Waals surface area contributed by atoms with E-state index in [0.29, 0.717) is 25.8 Å². The first kappa shape index (κ1) is 21.7. The average molecular weight is 366 g/mol. The van der Waals surface area contributed by atoms with Gasteiger partial charge in [0, 0.05) is 13.1 Å². The van der Waals surface area contributed by atoms with E-state index >= 15 is 0 Å². The number of amides is 2. The zero-order chi connectivity index (χ0) is 20.0. The molecule has 2 amide bonds. The van der Waals surface area contributed by atoms with Crippen LogP contribution in [0.4, 0.5) is 4.79 Å². The zero-order valence-electron chi connectivity index (χ0n) is 16.2. The third-order valence-electron chi connectivity index (χ3n) is 4.16. The molecule has 0 N–H and O–H groups in total. The fourth-order valence-electron chi connectivity index (χ4n) is 3.11. The molecule has 1 rings (SSSR count). The summed E-state index contributed by atoms with van der Waals surface area (Å²) in [5.74, 6) is -0.793. The highest BCUT2D eigenvalue weighted by molar-refractivity contribution is 5.91. The molecule has 0 aromatic carbocycles. The highest BCUT2D eigenvalue weighted by Gasteiger charge is 2.50. The van der Waals surface area contributed by atoms with Gasteiger partial charge in [-0.25, -0.2) is 9.59 Å². The molecular formula is C19H30N2O5. The van der Waals surface area contributed by atoms with Gasteiger partial charge < -0.3 is 14.4 Å². The molecule has 1 saturated heterocycles. The lowest BCUT2D eigenvalue weighted by molar-refractivity contribution is -0.159. The molecule has 0 saturated carbocycles. The molecule has 1 atom stereocenters.